The van der Waals surface area contributed by atoms with E-state index in [4.69, 9.17) is 11.6 Å². The van der Waals surface area contributed by atoms with Crippen molar-refractivity contribution in [2.45, 2.75) is 43.4 Å². The molecule has 0 spiro atoms. The molecule has 46 heavy (non-hydrogen) atoms. The number of rotatable bonds is 13. The highest BCUT2D eigenvalue weighted by Crippen LogP contribution is 2.33. The molecule has 7 nitrogen and oxygen atoms in total. The first-order valence-corrected chi connectivity index (χ1v) is 16.3. The molecule has 0 unspecified atom stereocenters. The lowest BCUT2D eigenvalue weighted by Gasteiger charge is -2.34. The lowest BCUT2D eigenvalue weighted by Crippen LogP contribution is -2.53. The van der Waals surface area contributed by atoms with Gasteiger partial charge in [-0.25, -0.2) is 8.42 Å². The molecule has 0 aliphatic carbocycles. The van der Waals surface area contributed by atoms with Crippen LogP contribution in [0.2, 0.25) is 5.02 Å². The summed E-state index contributed by atoms with van der Waals surface area (Å²) >= 11 is 6.23. The van der Waals surface area contributed by atoms with Crippen LogP contribution in [-0.2, 0) is 38.8 Å². The molecule has 0 saturated heterocycles. The van der Waals surface area contributed by atoms with E-state index >= 15 is 0 Å². The molecule has 1 N–H and O–H groups in total. The molecule has 0 aromatic heterocycles. The van der Waals surface area contributed by atoms with E-state index in [1.165, 1.54) is 35.2 Å². The van der Waals surface area contributed by atoms with E-state index in [-0.39, 0.29) is 23.5 Å². The second-order valence-corrected chi connectivity index (χ2v) is 12.8. The fraction of sp³-hybridized carbons (Fsp3) is 0.235. The maximum Gasteiger partial charge on any atom is 0.416 e. The number of amides is 2. The smallest absolute Gasteiger partial charge is 0.354 e. The van der Waals surface area contributed by atoms with E-state index in [0.29, 0.717) is 33.9 Å². The molecule has 0 radical (unpaired) electrons. The normalized spacial score (nSPS) is 12.3. The Hall–Kier alpha value is -4.35. The van der Waals surface area contributed by atoms with Crippen molar-refractivity contribution in [3.05, 3.63) is 131 Å². The van der Waals surface area contributed by atoms with Gasteiger partial charge in [0, 0.05) is 24.5 Å². The zero-order chi connectivity index (χ0) is 33.3. The van der Waals surface area contributed by atoms with E-state index in [1.54, 1.807) is 54.6 Å². The highest BCUT2D eigenvalue weighted by atomic mass is 35.5. The van der Waals surface area contributed by atoms with Gasteiger partial charge in [-0.05, 0) is 60.0 Å². The van der Waals surface area contributed by atoms with E-state index in [2.05, 4.69) is 5.32 Å². The largest absolute Gasteiger partial charge is 0.416 e. The van der Waals surface area contributed by atoms with Crippen molar-refractivity contribution >= 4 is 39.1 Å². The maximum atomic E-state index is 14.4. The molecule has 4 aromatic carbocycles. The highest BCUT2D eigenvalue weighted by Gasteiger charge is 2.36. The second kappa shape index (κ2) is 15.3. The number of hydrogen-bond acceptors (Lipinski definition) is 4. The maximum absolute atomic E-state index is 14.4. The van der Waals surface area contributed by atoms with Gasteiger partial charge in [0.15, 0.2) is 0 Å². The van der Waals surface area contributed by atoms with Gasteiger partial charge in [-0.1, -0.05) is 85.3 Å². The van der Waals surface area contributed by atoms with Crippen LogP contribution in [-0.4, -0.2) is 44.3 Å². The number of hydrogen-bond donors (Lipinski definition) is 1. The zero-order valence-electron chi connectivity index (χ0n) is 25.0. The average Bonchev–Trinajstić information content (AvgIpc) is 3.04. The van der Waals surface area contributed by atoms with Crippen molar-refractivity contribution in [3.8, 4) is 0 Å². The third kappa shape index (κ3) is 8.88. The minimum atomic E-state index is -4.76. The van der Waals surface area contributed by atoms with Crippen LogP contribution in [0.5, 0.6) is 0 Å². The van der Waals surface area contributed by atoms with E-state index < -0.39 is 46.2 Å². The van der Waals surface area contributed by atoms with Crippen LogP contribution in [0.15, 0.2) is 114 Å². The molecule has 0 saturated carbocycles. The molecule has 0 aliphatic rings. The van der Waals surface area contributed by atoms with Crippen molar-refractivity contribution in [3.63, 3.8) is 0 Å². The number of sulfonamides is 1. The standard InChI is InChI=1S/C34H33ClF3N3O4S/c1-2-19-39-33(43)31(21-25-11-5-3-6-12-25)40(23-26-13-9-15-28(35)20-26)32(42)24-41(46(44,45)30-17-7-4-8-18-30)29-16-10-14-27(22-29)34(36,37)38/h3-18,20,22,31H,2,19,21,23-24H2,1H3,(H,39,43)/t31-/m1/s1. The molecule has 4 aromatic rings. The van der Waals surface area contributed by atoms with Crippen LogP contribution in [0.25, 0.3) is 0 Å². The monoisotopic (exact) mass is 671 g/mol. The minimum Gasteiger partial charge on any atom is -0.354 e. The Morgan fingerprint density at radius 2 is 1.48 bits per heavy atom. The number of carbonyl (C=O) groups excluding carboxylic acids is 2. The van der Waals surface area contributed by atoms with Crippen molar-refractivity contribution in [1.29, 1.82) is 0 Å². The quantitative estimate of drug-likeness (QED) is 0.171. The predicted molar refractivity (Wildman–Crippen MR) is 172 cm³/mol. The van der Waals surface area contributed by atoms with Crippen molar-refractivity contribution < 1.29 is 31.2 Å². The summed E-state index contributed by atoms with van der Waals surface area (Å²) in [6.07, 6.45) is -4.04. The Balaban J connectivity index is 1.83. The minimum absolute atomic E-state index is 0.0949. The number of anilines is 1. The van der Waals surface area contributed by atoms with E-state index in [9.17, 15) is 31.2 Å². The van der Waals surface area contributed by atoms with E-state index in [0.717, 1.165) is 17.7 Å². The van der Waals surface area contributed by atoms with Crippen molar-refractivity contribution in [2.24, 2.45) is 0 Å². The fourth-order valence-corrected chi connectivity index (χ4v) is 6.48. The summed E-state index contributed by atoms with van der Waals surface area (Å²) in [4.78, 5) is 29.1. The molecule has 4 rings (SSSR count). The number of nitrogens with one attached hydrogen (secondary N) is 1. The first-order chi connectivity index (χ1) is 21.9. The topological polar surface area (TPSA) is 86.8 Å². The number of alkyl halides is 3. The van der Waals surface area contributed by atoms with Crippen molar-refractivity contribution in [1.82, 2.24) is 10.2 Å². The first kappa shape index (κ1) is 34.5. The van der Waals surface area contributed by atoms with Crippen LogP contribution in [0.3, 0.4) is 0 Å². The second-order valence-electron chi connectivity index (χ2n) is 10.5. The summed E-state index contributed by atoms with van der Waals surface area (Å²) in [5.41, 5.74) is -0.124. The molecule has 0 fully saturated rings. The summed E-state index contributed by atoms with van der Waals surface area (Å²) in [6.45, 7) is 1.20. The molecular formula is C34H33ClF3N3O4S. The van der Waals surface area contributed by atoms with Crippen LogP contribution < -0.4 is 9.62 Å². The predicted octanol–water partition coefficient (Wildman–Crippen LogP) is 6.72. The molecule has 0 bridgehead atoms. The van der Waals surface area contributed by atoms with Crippen LogP contribution in [0.4, 0.5) is 18.9 Å². The molecule has 12 heteroatoms. The van der Waals surface area contributed by atoms with E-state index in [1.807, 2.05) is 13.0 Å². The van der Waals surface area contributed by atoms with Gasteiger partial charge in [0.05, 0.1) is 16.1 Å². The summed E-state index contributed by atoms with van der Waals surface area (Å²) < 4.78 is 69.7. The zero-order valence-corrected chi connectivity index (χ0v) is 26.5. The van der Waals surface area contributed by atoms with Crippen LogP contribution >= 0.6 is 11.6 Å². The van der Waals surface area contributed by atoms with Gasteiger partial charge in [0.25, 0.3) is 10.0 Å². The summed E-state index contributed by atoms with van der Waals surface area (Å²) in [6, 6.07) is 25.5. The average molecular weight is 672 g/mol. The van der Waals surface area contributed by atoms with Gasteiger partial charge in [0.2, 0.25) is 11.8 Å². The number of nitrogens with zero attached hydrogens (tertiary/aromatic N) is 2. The SMILES string of the molecule is CCCNC(=O)[C@@H](Cc1ccccc1)N(Cc1cccc(Cl)c1)C(=O)CN(c1cccc(C(F)(F)F)c1)S(=O)(=O)c1ccccc1. The van der Waals surface area contributed by atoms with Crippen LogP contribution in [0, 0.1) is 0 Å². The van der Waals surface area contributed by atoms with Crippen LogP contribution in [0.1, 0.15) is 30.0 Å². The van der Waals surface area contributed by atoms with Gasteiger partial charge >= 0.3 is 6.18 Å². The number of carbonyl (C=O) groups is 2. The van der Waals surface area contributed by atoms with Gasteiger partial charge in [-0.2, -0.15) is 13.2 Å². The summed E-state index contributed by atoms with van der Waals surface area (Å²) in [5.74, 6) is -1.26. The lowest BCUT2D eigenvalue weighted by atomic mass is 10.0. The molecule has 0 aliphatic heterocycles. The molecule has 0 heterocycles. The van der Waals surface area contributed by atoms with Crippen molar-refractivity contribution in [2.75, 3.05) is 17.4 Å². The van der Waals surface area contributed by atoms with Gasteiger partial charge < -0.3 is 10.2 Å². The molecular weight excluding hydrogens is 639 g/mol. The summed E-state index contributed by atoms with van der Waals surface area (Å²) in [5, 5.41) is 3.22. The Morgan fingerprint density at radius 1 is 0.848 bits per heavy atom. The van der Waals surface area contributed by atoms with Gasteiger partial charge in [-0.3, -0.25) is 13.9 Å². The highest BCUT2D eigenvalue weighted by molar-refractivity contribution is 7.92. The Kier molecular flexibility index (Phi) is 11.5. The fourth-order valence-electron chi connectivity index (χ4n) is 4.84. The molecule has 1 atom stereocenters. The number of halogens is 4. The third-order valence-corrected chi connectivity index (χ3v) is 9.16. The first-order valence-electron chi connectivity index (χ1n) is 14.5. The van der Waals surface area contributed by atoms with Gasteiger partial charge in [-0.15, -0.1) is 0 Å². The van der Waals surface area contributed by atoms with Gasteiger partial charge in [0.1, 0.15) is 12.6 Å². The Morgan fingerprint density at radius 3 is 2.11 bits per heavy atom. The summed E-state index contributed by atoms with van der Waals surface area (Å²) in [7, 11) is -4.55. The number of benzene rings is 4. The molecule has 242 valence electrons. The Bertz CT molecular complexity index is 1740. The third-order valence-electron chi connectivity index (χ3n) is 7.13. The Labute approximate surface area is 271 Å². The molecule has 2 amide bonds. The lowest BCUT2D eigenvalue weighted by molar-refractivity contribution is -0.140.